The van der Waals surface area contributed by atoms with Crippen molar-refractivity contribution in [3.63, 3.8) is 0 Å². The Morgan fingerprint density at radius 3 is 2.88 bits per heavy atom. The average molecular weight is 398 g/mol. The molecule has 138 valence electrons. The van der Waals surface area contributed by atoms with Gasteiger partial charge in [0.25, 0.3) is 0 Å². The van der Waals surface area contributed by atoms with Gasteiger partial charge in [-0.05, 0) is 38.0 Å². The zero-order chi connectivity index (χ0) is 18.7. The second-order valence-corrected chi connectivity index (χ2v) is 7.11. The summed E-state index contributed by atoms with van der Waals surface area (Å²) in [6, 6.07) is 3.82. The van der Waals surface area contributed by atoms with Gasteiger partial charge in [0.05, 0.1) is 18.2 Å². The van der Waals surface area contributed by atoms with E-state index in [1.807, 2.05) is 0 Å². The van der Waals surface area contributed by atoms with Crippen LogP contribution < -0.4 is 5.32 Å². The molecule has 6 nitrogen and oxygen atoms in total. The Morgan fingerprint density at radius 2 is 2.23 bits per heavy atom. The second kappa shape index (κ2) is 8.01. The van der Waals surface area contributed by atoms with Crippen LogP contribution in [0.1, 0.15) is 35.3 Å². The molecule has 0 saturated heterocycles. The van der Waals surface area contributed by atoms with Gasteiger partial charge in [0, 0.05) is 17.1 Å². The number of amides is 2. The van der Waals surface area contributed by atoms with Crippen LogP contribution in [-0.2, 0) is 11.3 Å². The number of ether oxygens (including phenoxy) is 1. The Labute approximate surface area is 158 Å². The molecule has 3 rings (SSSR count). The summed E-state index contributed by atoms with van der Waals surface area (Å²) >= 11 is 7.05. The largest absolute Gasteiger partial charge is 0.461 e. The molecule has 1 aromatic carbocycles. The van der Waals surface area contributed by atoms with Crippen LogP contribution in [0.25, 0.3) is 0 Å². The van der Waals surface area contributed by atoms with E-state index in [9.17, 15) is 14.0 Å². The van der Waals surface area contributed by atoms with Crippen molar-refractivity contribution < 1.29 is 18.7 Å². The normalized spacial score (nSPS) is 13.3. The van der Waals surface area contributed by atoms with Crippen LogP contribution in [-0.4, -0.2) is 34.5 Å². The van der Waals surface area contributed by atoms with Crippen LogP contribution in [0.3, 0.4) is 0 Å². The minimum absolute atomic E-state index is 0.0558. The molecule has 0 spiro atoms. The lowest BCUT2D eigenvalue weighted by Crippen LogP contribution is -2.36. The molecule has 1 N–H and O–H groups in total. The first kappa shape index (κ1) is 18.6. The quantitative estimate of drug-likeness (QED) is 0.737. The number of benzene rings is 1. The van der Waals surface area contributed by atoms with Crippen LogP contribution in [0.2, 0.25) is 5.02 Å². The molecular weight excluding hydrogens is 381 g/mol. The molecule has 0 atom stereocenters. The summed E-state index contributed by atoms with van der Waals surface area (Å²) in [6.45, 7) is 2.30. The van der Waals surface area contributed by atoms with Crippen molar-refractivity contribution in [3.05, 3.63) is 45.1 Å². The zero-order valence-corrected chi connectivity index (χ0v) is 15.6. The summed E-state index contributed by atoms with van der Waals surface area (Å²) in [5, 5.41) is 4.93. The minimum atomic E-state index is -0.544. The molecule has 0 unspecified atom stereocenters. The van der Waals surface area contributed by atoms with Gasteiger partial charge in [0.1, 0.15) is 10.8 Å². The summed E-state index contributed by atoms with van der Waals surface area (Å²) < 4.78 is 18.2. The Bertz CT molecular complexity index is 825. The molecule has 2 aromatic rings. The molecule has 0 aliphatic heterocycles. The zero-order valence-electron chi connectivity index (χ0n) is 14.0. The maximum absolute atomic E-state index is 13.2. The van der Waals surface area contributed by atoms with Crippen molar-refractivity contribution in [1.29, 1.82) is 0 Å². The summed E-state index contributed by atoms with van der Waals surface area (Å²) in [5.41, 5.74) is 0.659. The molecular formula is C17H17ClFN3O3S. The van der Waals surface area contributed by atoms with Gasteiger partial charge in [-0.25, -0.2) is 19.0 Å². The Hall–Kier alpha value is -2.19. The summed E-state index contributed by atoms with van der Waals surface area (Å²) in [6.07, 6.45) is 1.82. The number of hydrogen-bond acceptors (Lipinski definition) is 5. The van der Waals surface area contributed by atoms with E-state index in [4.69, 9.17) is 16.3 Å². The van der Waals surface area contributed by atoms with Gasteiger partial charge in [-0.3, -0.25) is 0 Å². The first-order chi connectivity index (χ1) is 12.5. The van der Waals surface area contributed by atoms with Crippen molar-refractivity contribution >= 4 is 40.6 Å². The highest BCUT2D eigenvalue weighted by Gasteiger charge is 2.33. The lowest BCUT2D eigenvalue weighted by molar-refractivity contribution is 0.0520. The lowest BCUT2D eigenvalue weighted by Gasteiger charge is -2.21. The van der Waals surface area contributed by atoms with E-state index in [0.29, 0.717) is 10.7 Å². The van der Waals surface area contributed by atoms with Crippen molar-refractivity contribution in [2.75, 3.05) is 11.9 Å². The van der Waals surface area contributed by atoms with Crippen LogP contribution in [0.5, 0.6) is 0 Å². The van der Waals surface area contributed by atoms with E-state index in [0.717, 1.165) is 12.8 Å². The molecule has 0 radical (unpaired) electrons. The van der Waals surface area contributed by atoms with Gasteiger partial charge >= 0.3 is 12.0 Å². The maximum atomic E-state index is 13.2. The summed E-state index contributed by atoms with van der Waals surface area (Å²) in [5.74, 6) is -1.02. The summed E-state index contributed by atoms with van der Waals surface area (Å²) in [7, 11) is 0. The van der Waals surface area contributed by atoms with Crippen molar-refractivity contribution in [2.45, 2.75) is 32.4 Å². The standard InChI is InChI=1S/C17H17ClFN3O3S/c1-2-25-16(23)14-9-26-15(21-14)8-22(11-4-5-11)17(24)20-10-3-6-13(19)12(18)7-10/h3,6-7,9,11H,2,4-5,8H2,1H3,(H,20,24). The van der Waals surface area contributed by atoms with E-state index >= 15 is 0 Å². The van der Waals surface area contributed by atoms with Gasteiger partial charge < -0.3 is 15.0 Å². The number of nitrogens with one attached hydrogen (secondary N) is 1. The smallest absolute Gasteiger partial charge is 0.357 e. The maximum Gasteiger partial charge on any atom is 0.357 e. The first-order valence-corrected chi connectivity index (χ1v) is 9.38. The fourth-order valence-electron chi connectivity index (χ4n) is 2.35. The lowest BCUT2D eigenvalue weighted by atomic mass is 10.3. The number of rotatable bonds is 6. The number of esters is 1. The van der Waals surface area contributed by atoms with Gasteiger partial charge in [0.2, 0.25) is 0 Å². The number of thiazole rings is 1. The van der Waals surface area contributed by atoms with Crippen molar-refractivity contribution in [1.82, 2.24) is 9.88 Å². The number of nitrogens with zero attached hydrogens (tertiary/aromatic N) is 2. The predicted molar refractivity (Wildman–Crippen MR) is 97.1 cm³/mol. The number of carbonyl (C=O) groups is 2. The average Bonchev–Trinajstić information content (AvgIpc) is 3.33. The number of carbonyl (C=O) groups excluding carboxylic acids is 2. The van der Waals surface area contributed by atoms with Gasteiger partial charge in [-0.1, -0.05) is 11.6 Å². The third-order valence-electron chi connectivity index (χ3n) is 3.76. The highest BCUT2D eigenvalue weighted by molar-refractivity contribution is 7.09. The topological polar surface area (TPSA) is 71.5 Å². The van der Waals surface area contributed by atoms with E-state index in [1.165, 1.54) is 29.5 Å². The van der Waals surface area contributed by atoms with Gasteiger partial charge in [-0.2, -0.15) is 0 Å². The Balaban J connectivity index is 1.68. The highest BCUT2D eigenvalue weighted by Crippen LogP contribution is 2.30. The fourth-order valence-corrected chi connectivity index (χ4v) is 3.29. The number of urea groups is 1. The fraction of sp³-hybridized carbons (Fsp3) is 0.353. The molecule has 1 heterocycles. The van der Waals surface area contributed by atoms with E-state index in [-0.39, 0.29) is 35.9 Å². The predicted octanol–water partition coefficient (Wildman–Crippen LogP) is 4.31. The SMILES string of the molecule is CCOC(=O)c1csc(CN(C(=O)Nc2ccc(F)c(Cl)c2)C2CC2)n1. The van der Waals surface area contributed by atoms with E-state index in [2.05, 4.69) is 10.3 Å². The first-order valence-electron chi connectivity index (χ1n) is 8.12. The van der Waals surface area contributed by atoms with Gasteiger partial charge in [0.15, 0.2) is 5.69 Å². The summed E-state index contributed by atoms with van der Waals surface area (Å²) in [4.78, 5) is 30.2. The molecule has 1 aromatic heterocycles. The third-order valence-corrected chi connectivity index (χ3v) is 4.88. The number of halogens is 2. The van der Waals surface area contributed by atoms with Crippen LogP contribution in [0, 0.1) is 5.82 Å². The van der Waals surface area contributed by atoms with Crippen LogP contribution in [0.4, 0.5) is 14.9 Å². The molecule has 0 bridgehead atoms. The Kier molecular flexibility index (Phi) is 5.73. The van der Waals surface area contributed by atoms with Crippen LogP contribution in [0.15, 0.2) is 23.6 Å². The van der Waals surface area contributed by atoms with E-state index in [1.54, 1.807) is 17.2 Å². The molecule has 26 heavy (non-hydrogen) atoms. The third kappa shape index (κ3) is 4.50. The molecule has 1 aliphatic rings. The molecule has 1 saturated carbocycles. The van der Waals surface area contributed by atoms with Gasteiger partial charge in [-0.15, -0.1) is 11.3 Å². The number of aromatic nitrogens is 1. The van der Waals surface area contributed by atoms with Crippen molar-refractivity contribution in [3.8, 4) is 0 Å². The number of anilines is 1. The second-order valence-electron chi connectivity index (χ2n) is 5.77. The number of hydrogen-bond donors (Lipinski definition) is 1. The van der Waals surface area contributed by atoms with Crippen LogP contribution >= 0.6 is 22.9 Å². The molecule has 1 aliphatic carbocycles. The van der Waals surface area contributed by atoms with Crippen molar-refractivity contribution in [2.24, 2.45) is 0 Å². The molecule has 9 heteroatoms. The highest BCUT2D eigenvalue weighted by atomic mass is 35.5. The van der Waals surface area contributed by atoms with E-state index < -0.39 is 11.8 Å². The Morgan fingerprint density at radius 1 is 1.46 bits per heavy atom. The molecule has 1 fully saturated rings. The monoisotopic (exact) mass is 397 g/mol. The molecule has 2 amide bonds. The minimum Gasteiger partial charge on any atom is -0.461 e.